The normalized spacial score (nSPS) is 18.5. The monoisotopic (exact) mass is 1160 g/mol. The number of hydrogen-bond acceptors (Lipinski definition) is 10. The fourth-order valence-corrected chi connectivity index (χ4v) is 10.7. The van der Waals surface area contributed by atoms with Crippen molar-refractivity contribution in [3.05, 3.63) is 60.8 Å². The molecule has 0 saturated carbocycles. The first-order valence-corrected chi connectivity index (χ1v) is 34.5. The first kappa shape index (κ1) is 77.4. The van der Waals surface area contributed by atoms with Gasteiger partial charge in [0.1, 0.15) is 24.4 Å². The Bertz CT molecular complexity index is 1550. The Morgan fingerprint density at radius 2 is 0.841 bits per heavy atom. The van der Waals surface area contributed by atoms with E-state index in [2.05, 4.69) is 54.8 Å². The molecule has 7 atom stereocenters. The first-order valence-electron chi connectivity index (χ1n) is 34.5. The molecule has 11 heteroatoms. The van der Waals surface area contributed by atoms with Gasteiger partial charge in [0.25, 0.3) is 0 Å². The molecule has 0 aromatic rings. The lowest BCUT2D eigenvalue weighted by atomic mass is 9.99. The Balaban J connectivity index is 1.91. The van der Waals surface area contributed by atoms with Gasteiger partial charge in [0.2, 0.25) is 5.91 Å². The molecular weight excluding hydrogens is 1030 g/mol. The Morgan fingerprint density at radius 3 is 1.28 bits per heavy atom. The van der Waals surface area contributed by atoms with Gasteiger partial charge in [-0.15, -0.1) is 0 Å². The second kappa shape index (κ2) is 60.1. The largest absolute Gasteiger partial charge is 0.466 e. The lowest BCUT2D eigenvalue weighted by Crippen LogP contribution is -2.60. The van der Waals surface area contributed by atoms with Gasteiger partial charge in [-0.3, -0.25) is 9.59 Å². The van der Waals surface area contributed by atoms with Crippen LogP contribution in [0.15, 0.2) is 60.8 Å². The van der Waals surface area contributed by atoms with E-state index in [1.165, 1.54) is 225 Å². The van der Waals surface area contributed by atoms with Crippen molar-refractivity contribution in [3.8, 4) is 0 Å². The average Bonchev–Trinajstić information content (AvgIpc) is 3.49. The fraction of sp³-hybridized carbons (Fsp3) is 0.831. The Kier molecular flexibility index (Phi) is 56.7. The molecule has 0 spiro atoms. The predicted molar refractivity (Wildman–Crippen MR) is 343 cm³/mol. The highest BCUT2D eigenvalue weighted by Crippen LogP contribution is 2.23. The van der Waals surface area contributed by atoms with Crippen LogP contribution in [0.3, 0.4) is 0 Å². The van der Waals surface area contributed by atoms with E-state index < -0.39 is 49.5 Å². The van der Waals surface area contributed by atoms with Gasteiger partial charge in [-0.25, -0.2) is 0 Å². The first-order chi connectivity index (χ1) is 40.2. The number of ether oxygens (including phenoxy) is 3. The van der Waals surface area contributed by atoms with Gasteiger partial charge >= 0.3 is 5.97 Å². The zero-order valence-electron chi connectivity index (χ0n) is 52.9. The van der Waals surface area contributed by atoms with Crippen molar-refractivity contribution in [2.45, 2.75) is 358 Å². The van der Waals surface area contributed by atoms with Gasteiger partial charge in [0, 0.05) is 12.8 Å². The standard InChI is InChI=1S/C71H129NO10/c1-3-5-7-9-11-13-14-35-39-43-47-51-55-59-67(76)80-60-56-52-48-44-40-37-34-32-30-28-26-24-22-20-18-16-15-17-19-21-23-25-27-29-31-33-36-38-42-46-50-54-58-66(75)72-63(64(74)57-53-49-45-41-12-10-8-6-4-2)62-81-71-70(79)69(78)68(77)65(61-73)82-71/h4,6,12-14,18,20,41,53,57,63-65,68-71,73-74,77-79H,3,5,7-11,15-17,19,21-40,42-52,54-56,58-62H2,1-2H3,(H,72,75)/b6-4+,14-13-,20-18-,41-12+,57-53+. The number of aliphatic hydroxyl groups is 5. The van der Waals surface area contributed by atoms with E-state index in [0.717, 1.165) is 64.2 Å². The quantitative estimate of drug-likeness (QED) is 0.0195. The van der Waals surface area contributed by atoms with Crippen molar-refractivity contribution in [2.24, 2.45) is 0 Å². The number of aliphatic hydroxyl groups excluding tert-OH is 5. The van der Waals surface area contributed by atoms with Crippen molar-refractivity contribution in [1.29, 1.82) is 0 Å². The summed E-state index contributed by atoms with van der Waals surface area (Å²) >= 11 is 0. The minimum Gasteiger partial charge on any atom is -0.466 e. The molecule has 0 aliphatic carbocycles. The third kappa shape index (κ3) is 48.6. The van der Waals surface area contributed by atoms with Crippen LogP contribution in [-0.2, 0) is 23.8 Å². The maximum Gasteiger partial charge on any atom is 0.305 e. The van der Waals surface area contributed by atoms with E-state index in [1.807, 2.05) is 19.1 Å². The summed E-state index contributed by atoms with van der Waals surface area (Å²) in [5.41, 5.74) is 0. The van der Waals surface area contributed by atoms with E-state index in [-0.39, 0.29) is 18.5 Å². The van der Waals surface area contributed by atoms with E-state index in [1.54, 1.807) is 6.08 Å². The van der Waals surface area contributed by atoms with E-state index in [0.29, 0.717) is 19.4 Å². The second-order valence-corrected chi connectivity index (χ2v) is 23.9. The van der Waals surface area contributed by atoms with E-state index in [4.69, 9.17) is 14.2 Å². The molecule has 82 heavy (non-hydrogen) atoms. The molecule has 1 aliphatic heterocycles. The van der Waals surface area contributed by atoms with Crippen molar-refractivity contribution >= 4 is 11.9 Å². The fourth-order valence-electron chi connectivity index (χ4n) is 10.7. The number of carbonyl (C=O) groups is 2. The van der Waals surface area contributed by atoms with Crippen LogP contribution >= 0.6 is 0 Å². The van der Waals surface area contributed by atoms with Crippen LogP contribution in [0.1, 0.15) is 316 Å². The molecule has 0 radical (unpaired) electrons. The number of nitrogens with one attached hydrogen (secondary N) is 1. The topological polar surface area (TPSA) is 175 Å². The average molecular weight is 1160 g/mol. The summed E-state index contributed by atoms with van der Waals surface area (Å²) in [4.78, 5) is 25.0. The molecule has 0 aromatic heterocycles. The Labute approximate surface area is 503 Å². The van der Waals surface area contributed by atoms with Crippen LogP contribution in [0.5, 0.6) is 0 Å². The lowest BCUT2D eigenvalue weighted by Gasteiger charge is -2.40. The molecule has 1 rings (SSSR count). The molecule has 1 heterocycles. The summed E-state index contributed by atoms with van der Waals surface area (Å²) in [5, 5.41) is 54.2. The second-order valence-electron chi connectivity index (χ2n) is 23.9. The summed E-state index contributed by atoms with van der Waals surface area (Å²) in [6, 6.07) is -0.832. The zero-order valence-corrected chi connectivity index (χ0v) is 52.9. The minimum absolute atomic E-state index is 0.000550. The molecule has 6 N–H and O–H groups in total. The number of allylic oxidation sites excluding steroid dienone is 9. The number of esters is 1. The predicted octanol–water partition coefficient (Wildman–Crippen LogP) is 17.3. The highest BCUT2D eigenvalue weighted by molar-refractivity contribution is 5.76. The molecule has 478 valence electrons. The maximum atomic E-state index is 13.0. The van der Waals surface area contributed by atoms with Crippen molar-refractivity contribution in [2.75, 3.05) is 19.8 Å². The van der Waals surface area contributed by atoms with Crippen molar-refractivity contribution in [3.63, 3.8) is 0 Å². The van der Waals surface area contributed by atoms with Crippen LogP contribution in [0.2, 0.25) is 0 Å². The Hall–Kier alpha value is -2.64. The maximum absolute atomic E-state index is 13.0. The lowest BCUT2D eigenvalue weighted by molar-refractivity contribution is -0.302. The van der Waals surface area contributed by atoms with E-state index >= 15 is 0 Å². The summed E-state index contributed by atoms with van der Waals surface area (Å²) in [6.07, 6.45) is 69.7. The van der Waals surface area contributed by atoms with Crippen molar-refractivity contribution in [1.82, 2.24) is 5.32 Å². The number of hydrogen-bond donors (Lipinski definition) is 6. The molecule has 0 aromatic carbocycles. The van der Waals surface area contributed by atoms with Gasteiger partial charge in [0.05, 0.1) is 32.0 Å². The SMILES string of the molecule is C/C=C/CC/C=C/CC/C=C/C(O)C(COC1OC(CO)C(O)C(O)C1O)NC(=O)CCCCCCCCCCCCCCCCCC/C=C\CCCCCCCCCCCCCCOC(=O)CCCCCCC/C=C\CCCCCC. The molecular formula is C71H129NO10. The van der Waals surface area contributed by atoms with Gasteiger partial charge in [0.15, 0.2) is 6.29 Å². The summed E-state index contributed by atoms with van der Waals surface area (Å²) in [5.74, 6) is -0.196. The third-order valence-electron chi connectivity index (χ3n) is 16.1. The highest BCUT2D eigenvalue weighted by Gasteiger charge is 2.44. The summed E-state index contributed by atoms with van der Waals surface area (Å²) < 4.78 is 16.7. The van der Waals surface area contributed by atoms with Crippen LogP contribution in [-0.4, -0.2) is 100 Å². The number of carbonyl (C=O) groups excluding carboxylic acids is 2. The van der Waals surface area contributed by atoms with Crippen LogP contribution < -0.4 is 5.32 Å². The third-order valence-corrected chi connectivity index (χ3v) is 16.1. The van der Waals surface area contributed by atoms with Gasteiger partial charge in [-0.1, -0.05) is 260 Å². The van der Waals surface area contributed by atoms with Gasteiger partial charge < -0.3 is 45.1 Å². The zero-order chi connectivity index (χ0) is 59.5. The number of rotatable bonds is 60. The Morgan fingerprint density at radius 1 is 0.463 bits per heavy atom. The molecule has 11 nitrogen and oxygen atoms in total. The molecule has 1 amide bonds. The molecule has 1 aliphatic rings. The number of amides is 1. The van der Waals surface area contributed by atoms with Gasteiger partial charge in [-0.05, 0) is 103 Å². The van der Waals surface area contributed by atoms with Gasteiger partial charge in [-0.2, -0.15) is 0 Å². The van der Waals surface area contributed by atoms with E-state index in [9.17, 15) is 35.1 Å². The van der Waals surface area contributed by atoms with Crippen LogP contribution in [0.4, 0.5) is 0 Å². The highest BCUT2D eigenvalue weighted by atomic mass is 16.7. The molecule has 1 fully saturated rings. The smallest absolute Gasteiger partial charge is 0.305 e. The number of unbranched alkanes of at least 4 members (excludes halogenated alkanes) is 39. The van der Waals surface area contributed by atoms with Crippen LogP contribution in [0, 0.1) is 0 Å². The summed E-state index contributed by atoms with van der Waals surface area (Å²) in [7, 11) is 0. The minimum atomic E-state index is -1.58. The van der Waals surface area contributed by atoms with Crippen LogP contribution in [0.25, 0.3) is 0 Å². The summed E-state index contributed by atoms with van der Waals surface area (Å²) in [6.45, 7) is 4.09. The molecule has 1 saturated heterocycles. The molecule has 7 unspecified atom stereocenters. The molecule has 0 bridgehead atoms. The van der Waals surface area contributed by atoms with Crippen molar-refractivity contribution < 1.29 is 49.3 Å².